The Morgan fingerprint density at radius 3 is 1.10 bits per heavy atom. The summed E-state index contributed by atoms with van der Waals surface area (Å²) < 4.78 is 22.9. The number of quaternary nitrogens is 1. The average Bonchev–Trinajstić information content (AvgIpc) is 3.40. The van der Waals surface area contributed by atoms with E-state index in [2.05, 4.69) is 135 Å². The largest absolute Gasteiger partial charge is 0.477 e. The van der Waals surface area contributed by atoms with Crippen LogP contribution in [0, 0.1) is 0 Å². The van der Waals surface area contributed by atoms with E-state index in [0.29, 0.717) is 17.4 Å². The molecule has 0 aromatic carbocycles. The van der Waals surface area contributed by atoms with Crippen molar-refractivity contribution in [3.8, 4) is 0 Å². The number of carbonyl (C=O) groups excluding carboxylic acids is 2. The molecule has 2 atom stereocenters. The molecule has 0 aromatic rings. The fourth-order valence-electron chi connectivity index (χ4n) is 8.00. The first kappa shape index (κ1) is 72.7. The summed E-state index contributed by atoms with van der Waals surface area (Å²) >= 11 is 0. The highest BCUT2D eigenvalue weighted by Gasteiger charge is 2.25. The van der Waals surface area contributed by atoms with E-state index in [0.717, 1.165) is 116 Å². The normalized spacial score (nSPS) is 13.6. The maximum absolute atomic E-state index is 12.9. The Morgan fingerprint density at radius 2 is 0.740 bits per heavy atom. The van der Waals surface area contributed by atoms with Crippen molar-refractivity contribution in [2.45, 2.75) is 245 Å². The Balaban J connectivity index is 4.28. The Morgan fingerprint density at radius 1 is 0.403 bits per heavy atom. The van der Waals surface area contributed by atoms with Crippen LogP contribution < -0.4 is 0 Å². The van der Waals surface area contributed by atoms with Gasteiger partial charge in [0.05, 0.1) is 34.4 Å². The number of ether oxygens (including phenoxy) is 4. The molecule has 9 heteroatoms. The van der Waals surface area contributed by atoms with Crippen molar-refractivity contribution in [2.24, 2.45) is 0 Å². The number of esters is 2. The van der Waals surface area contributed by atoms with E-state index in [1.54, 1.807) is 0 Å². The van der Waals surface area contributed by atoms with Gasteiger partial charge in [0.1, 0.15) is 13.2 Å². The van der Waals surface area contributed by atoms with Crippen LogP contribution in [-0.2, 0) is 33.3 Å². The molecule has 0 heterocycles. The summed E-state index contributed by atoms with van der Waals surface area (Å²) in [7, 11) is 5.96. The van der Waals surface area contributed by atoms with Gasteiger partial charge in [0.25, 0.3) is 6.29 Å². The number of hydrogen-bond donors (Lipinski definition) is 1. The van der Waals surface area contributed by atoms with Gasteiger partial charge in [0.2, 0.25) is 0 Å². The van der Waals surface area contributed by atoms with Crippen LogP contribution >= 0.6 is 0 Å². The monoisotopic (exact) mass is 1070 g/mol. The minimum atomic E-state index is -1.52. The number of carboxylic acid groups (broad SMARTS) is 1. The molecule has 438 valence electrons. The topological polar surface area (TPSA) is 108 Å². The van der Waals surface area contributed by atoms with Crippen molar-refractivity contribution in [3.05, 3.63) is 122 Å². The molecule has 9 nitrogen and oxygen atoms in total. The molecule has 0 aliphatic heterocycles. The first-order chi connectivity index (χ1) is 37.6. The third-order valence-corrected chi connectivity index (χ3v) is 12.7. The molecule has 0 bridgehead atoms. The van der Waals surface area contributed by atoms with Crippen molar-refractivity contribution >= 4 is 17.9 Å². The third kappa shape index (κ3) is 59.2. The summed E-state index contributed by atoms with van der Waals surface area (Å²) in [6.45, 7) is 4.72. The summed E-state index contributed by atoms with van der Waals surface area (Å²) in [5.41, 5.74) is 0. The molecule has 0 spiro atoms. The van der Waals surface area contributed by atoms with Gasteiger partial charge in [-0.2, -0.15) is 0 Å². The van der Waals surface area contributed by atoms with Gasteiger partial charge in [0.15, 0.2) is 6.10 Å². The minimum Gasteiger partial charge on any atom is -0.477 e. The molecule has 77 heavy (non-hydrogen) atoms. The number of carboxylic acids is 1. The number of hydrogen-bond acceptors (Lipinski definition) is 7. The van der Waals surface area contributed by atoms with E-state index in [9.17, 15) is 19.5 Å². The van der Waals surface area contributed by atoms with Gasteiger partial charge in [-0.1, -0.05) is 232 Å². The molecule has 0 radical (unpaired) electrons. The molecule has 0 saturated heterocycles. The van der Waals surface area contributed by atoms with Crippen LogP contribution in [0.2, 0.25) is 0 Å². The lowest BCUT2D eigenvalue weighted by molar-refractivity contribution is -0.870. The van der Waals surface area contributed by atoms with Crippen LogP contribution in [0.5, 0.6) is 0 Å². The van der Waals surface area contributed by atoms with Gasteiger partial charge in [0, 0.05) is 12.8 Å². The van der Waals surface area contributed by atoms with Crippen molar-refractivity contribution in [3.63, 3.8) is 0 Å². The first-order valence-electron chi connectivity index (χ1n) is 30.7. The molecular formula is C68H114NO8+. The SMILES string of the molecule is CC/C=C\C/C=C\C/C=C\C/C=C\C/C=C\C/C=C\C/C=C\CCCCCCCCCCCC(=O)OC(COC(=O)CCCCCCCC/C=C\C/C=C\C/C=C\CCCCCCC)COC(OCC[N+](C)(C)C)C(=O)O. The second-order valence-corrected chi connectivity index (χ2v) is 21.3. The highest BCUT2D eigenvalue weighted by atomic mass is 16.7. The van der Waals surface area contributed by atoms with Gasteiger partial charge in [-0.3, -0.25) is 9.59 Å². The molecule has 0 aliphatic rings. The van der Waals surface area contributed by atoms with Gasteiger partial charge in [-0.15, -0.1) is 0 Å². The van der Waals surface area contributed by atoms with E-state index in [1.807, 2.05) is 21.1 Å². The molecule has 0 rings (SSSR count). The van der Waals surface area contributed by atoms with E-state index in [4.69, 9.17) is 18.9 Å². The fourth-order valence-corrected chi connectivity index (χ4v) is 8.00. The summed E-state index contributed by atoms with van der Waals surface area (Å²) in [6, 6.07) is 0. The maximum Gasteiger partial charge on any atom is 0.361 e. The number of nitrogens with zero attached hydrogens (tertiary/aromatic N) is 1. The summed E-state index contributed by atoms with van der Waals surface area (Å²) in [5, 5.41) is 9.72. The first-order valence-corrected chi connectivity index (χ1v) is 30.7. The number of likely N-dealkylation sites (N-methyl/N-ethyl adjacent to an activating group) is 1. The molecule has 0 aliphatic carbocycles. The average molecular weight is 1070 g/mol. The van der Waals surface area contributed by atoms with Crippen molar-refractivity contribution in [1.29, 1.82) is 0 Å². The smallest absolute Gasteiger partial charge is 0.361 e. The Labute approximate surface area is 472 Å². The van der Waals surface area contributed by atoms with Crippen LogP contribution in [0.15, 0.2) is 122 Å². The molecular weight excluding hydrogens is 959 g/mol. The zero-order valence-electron chi connectivity index (χ0n) is 49.8. The molecule has 0 saturated carbocycles. The van der Waals surface area contributed by atoms with Gasteiger partial charge in [-0.25, -0.2) is 4.79 Å². The second-order valence-electron chi connectivity index (χ2n) is 21.3. The molecule has 0 aromatic heterocycles. The van der Waals surface area contributed by atoms with Crippen molar-refractivity contribution < 1.29 is 42.9 Å². The number of rotatable bonds is 55. The summed E-state index contributed by atoms with van der Waals surface area (Å²) in [5.74, 6) is -2.04. The lowest BCUT2D eigenvalue weighted by atomic mass is 10.1. The van der Waals surface area contributed by atoms with E-state index in [1.165, 1.54) is 83.5 Å². The number of carbonyl (C=O) groups is 3. The number of unbranched alkanes of at least 4 members (excludes halogenated alkanes) is 20. The van der Waals surface area contributed by atoms with Crippen molar-refractivity contribution in [2.75, 3.05) is 47.5 Å². The highest BCUT2D eigenvalue weighted by Crippen LogP contribution is 2.15. The Bertz CT molecular complexity index is 1670. The number of aliphatic carboxylic acids is 1. The number of allylic oxidation sites excluding steroid dienone is 20. The van der Waals surface area contributed by atoms with Crippen molar-refractivity contribution in [1.82, 2.24) is 0 Å². The summed E-state index contributed by atoms with van der Waals surface area (Å²) in [6.07, 6.45) is 78.4. The highest BCUT2D eigenvalue weighted by molar-refractivity contribution is 5.71. The van der Waals surface area contributed by atoms with Crippen LogP contribution in [0.4, 0.5) is 0 Å². The Kier molecular flexibility index (Phi) is 54.6. The van der Waals surface area contributed by atoms with Gasteiger partial charge in [-0.05, 0) is 109 Å². The maximum atomic E-state index is 12.9. The lowest BCUT2D eigenvalue weighted by Gasteiger charge is -2.25. The van der Waals surface area contributed by atoms with Crippen LogP contribution in [-0.4, -0.2) is 87.4 Å². The predicted molar refractivity (Wildman–Crippen MR) is 327 cm³/mol. The van der Waals surface area contributed by atoms with E-state index < -0.39 is 24.3 Å². The molecule has 0 amide bonds. The summed E-state index contributed by atoms with van der Waals surface area (Å²) in [4.78, 5) is 37.5. The molecule has 2 unspecified atom stereocenters. The fraction of sp³-hybridized carbons (Fsp3) is 0.662. The minimum absolute atomic E-state index is 0.178. The van der Waals surface area contributed by atoms with Crippen LogP contribution in [0.1, 0.15) is 232 Å². The van der Waals surface area contributed by atoms with E-state index in [-0.39, 0.29) is 38.6 Å². The van der Waals surface area contributed by atoms with Gasteiger partial charge >= 0.3 is 17.9 Å². The predicted octanol–water partition coefficient (Wildman–Crippen LogP) is 18.5. The third-order valence-electron chi connectivity index (χ3n) is 12.7. The zero-order valence-corrected chi connectivity index (χ0v) is 49.8. The molecule has 1 N–H and O–H groups in total. The lowest BCUT2D eigenvalue weighted by Crippen LogP contribution is -2.40. The van der Waals surface area contributed by atoms with Crippen LogP contribution in [0.3, 0.4) is 0 Å². The van der Waals surface area contributed by atoms with Crippen LogP contribution in [0.25, 0.3) is 0 Å². The second kappa shape index (κ2) is 57.9. The standard InChI is InChI=1S/C68H113NO8/c1-6-8-10-12-14-16-18-20-22-24-26-28-29-30-31-32-33-34-35-36-37-39-41-43-45-47-49-51-53-55-57-59-66(71)77-64(63-76-68(67(72)73)74-61-60-69(3,4)5)62-75-65(70)58-56-54-52-50-48-46-44-42-40-38-27-25-23-21-19-17-15-13-11-9-7-2/h8,10,14,16,19-22,25-28,30-31,33-34,36-37,40,42,64,68H,6-7,9,11-13,15,17-18,23-24,29,32,35,38-39,41,43-63H2,1-5H3/p+1/b10-8-,16-14-,21-19-,22-20-,27-25-,28-26-,31-30-,34-33-,37-36-,42-40-. The quantitative estimate of drug-likeness (QED) is 0.0211. The zero-order chi connectivity index (χ0) is 56.2. The van der Waals surface area contributed by atoms with E-state index >= 15 is 0 Å². The Hall–Kier alpha value is -4.31. The van der Waals surface area contributed by atoms with Gasteiger partial charge < -0.3 is 28.5 Å². The molecule has 0 fully saturated rings.